The van der Waals surface area contributed by atoms with E-state index in [4.69, 9.17) is 10.8 Å². The number of aliphatic hydroxyl groups excluding tert-OH is 1. The number of nitrogens with zero attached hydrogens (tertiary/aromatic N) is 2. The molecule has 0 unspecified atom stereocenters. The summed E-state index contributed by atoms with van der Waals surface area (Å²) in [6.45, 7) is -0.583. The Kier molecular flexibility index (Phi) is 2.86. The van der Waals surface area contributed by atoms with Crippen LogP contribution in [0.5, 0.6) is 0 Å². The maximum Gasteiger partial charge on any atom is 0.349 e. The lowest BCUT2D eigenvalue weighted by Crippen LogP contribution is -2.27. The molecule has 1 aromatic rings. The van der Waals surface area contributed by atoms with Crippen molar-refractivity contribution in [2.75, 3.05) is 12.3 Å². The second-order valence-corrected chi connectivity index (χ2v) is 4.28. The van der Waals surface area contributed by atoms with Gasteiger partial charge in [-0.15, -0.1) is 0 Å². The highest BCUT2D eigenvalue weighted by molar-refractivity contribution is 5.23. The third-order valence-corrected chi connectivity index (χ3v) is 3.13. The number of hydrogen-bond donors (Lipinski definition) is 2. The van der Waals surface area contributed by atoms with Crippen LogP contribution in [0.2, 0.25) is 0 Å². The molecule has 1 heterocycles. The Morgan fingerprint density at radius 2 is 2.35 bits per heavy atom. The molecule has 2 rings (SSSR count). The standard InChI is InChI=1S/C10H13F2N3O2/c11-10(12)4-7(3-6(10)5-16)15-2-1-8(13)14-9(15)17/h1-2,6-7,16H,3-5H2,(H2,13,14,17)/t6-,7+/m0/s1. The van der Waals surface area contributed by atoms with Crippen molar-refractivity contribution in [3.63, 3.8) is 0 Å². The predicted molar refractivity (Wildman–Crippen MR) is 56.7 cm³/mol. The van der Waals surface area contributed by atoms with Crippen molar-refractivity contribution in [1.29, 1.82) is 0 Å². The lowest BCUT2D eigenvalue weighted by molar-refractivity contribution is -0.0551. The fourth-order valence-electron chi connectivity index (χ4n) is 2.19. The first kappa shape index (κ1) is 12.0. The maximum absolute atomic E-state index is 13.4. The molecule has 1 aliphatic carbocycles. The van der Waals surface area contributed by atoms with Crippen LogP contribution >= 0.6 is 0 Å². The number of alkyl halides is 2. The number of anilines is 1. The van der Waals surface area contributed by atoms with Crippen LogP contribution < -0.4 is 11.4 Å². The van der Waals surface area contributed by atoms with Crippen LogP contribution in [-0.4, -0.2) is 27.2 Å². The fraction of sp³-hybridized carbons (Fsp3) is 0.600. The minimum Gasteiger partial charge on any atom is -0.396 e. The van der Waals surface area contributed by atoms with Gasteiger partial charge in [-0.25, -0.2) is 13.6 Å². The molecule has 1 aromatic heterocycles. The number of nitrogen functional groups attached to an aromatic ring is 1. The van der Waals surface area contributed by atoms with Crippen molar-refractivity contribution < 1.29 is 13.9 Å². The lowest BCUT2D eigenvalue weighted by atomic mass is 10.1. The third kappa shape index (κ3) is 2.14. The van der Waals surface area contributed by atoms with Gasteiger partial charge in [0.05, 0.1) is 6.61 Å². The zero-order chi connectivity index (χ0) is 12.6. The van der Waals surface area contributed by atoms with Crippen molar-refractivity contribution in [1.82, 2.24) is 9.55 Å². The molecule has 5 nitrogen and oxygen atoms in total. The summed E-state index contributed by atoms with van der Waals surface area (Å²) in [6.07, 6.45) is 0.976. The summed E-state index contributed by atoms with van der Waals surface area (Å²) in [5.74, 6) is -3.98. The van der Waals surface area contributed by atoms with Crippen LogP contribution in [0.3, 0.4) is 0 Å². The van der Waals surface area contributed by atoms with Gasteiger partial charge in [0.1, 0.15) is 5.82 Å². The molecular formula is C10H13F2N3O2. The van der Waals surface area contributed by atoms with E-state index in [1.54, 1.807) is 0 Å². The van der Waals surface area contributed by atoms with Gasteiger partial charge in [-0.3, -0.25) is 4.57 Å². The molecule has 1 saturated carbocycles. The molecule has 1 aliphatic rings. The molecule has 0 saturated heterocycles. The summed E-state index contributed by atoms with van der Waals surface area (Å²) >= 11 is 0. The number of hydrogen-bond acceptors (Lipinski definition) is 4. The predicted octanol–water partition coefficient (Wildman–Crippen LogP) is 0.404. The molecule has 94 valence electrons. The SMILES string of the molecule is Nc1ccn([C@@H]2C[C@@H](CO)C(F)(F)C2)c(=O)n1. The van der Waals surface area contributed by atoms with Gasteiger partial charge < -0.3 is 10.8 Å². The minimum atomic E-state index is -2.94. The van der Waals surface area contributed by atoms with Crippen molar-refractivity contribution in [2.45, 2.75) is 24.8 Å². The molecule has 17 heavy (non-hydrogen) atoms. The average molecular weight is 245 g/mol. The van der Waals surface area contributed by atoms with Crippen molar-refractivity contribution in [3.8, 4) is 0 Å². The highest BCUT2D eigenvalue weighted by atomic mass is 19.3. The highest BCUT2D eigenvalue weighted by Crippen LogP contribution is 2.45. The Morgan fingerprint density at radius 1 is 1.65 bits per heavy atom. The van der Waals surface area contributed by atoms with Gasteiger partial charge in [0, 0.05) is 24.6 Å². The molecule has 0 aromatic carbocycles. The van der Waals surface area contributed by atoms with Crippen LogP contribution in [0.4, 0.5) is 14.6 Å². The van der Waals surface area contributed by atoms with Crippen molar-refractivity contribution >= 4 is 5.82 Å². The lowest BCUT2D eigenvalue weighted by Gasteiger charge is -2.15. The fourth-order valence-corrected chi connectivity index (χ4v) is 2.19. The summed E-state index contributed by atoms with van der Waals surface area (Å²) in [6, 6.07) is 0.758. The van der Waals surface area contributed by atoms with E-state index >= 15 is 0 Å². The van der Waals surface area contributed by atoms with Crippen molar-refractivity contribution in [2.24, 2.45) is 5.92 Å². The Bertz CT molecular complexity index is 475. The molecule has 3 N–H and O–H groups in total. The van der Waals surface area contributed by atoms with E-state index < -0.39 is 36.6 Å². The molecule has 0 spiro atoms. The average Bonchev–Trinajstić information content (AvgIpc) is 2.53. The molecule has 1 fully saturated rings. The van der Waals surface area contributed by atoms with E-state index in [9.17, 15) is 13.6 Å². The summed E-state index contributed by atoms with van der Waals surface area (Å²) < 4.78 is 28.0. The molecule has 0 radical (unpaired) electrons. The number of aliphatic hydroxyl groups is 1. The van der Waals surface area contributed by atoms with Gasteiger partial charge >= 0.3 is 5.69 Å². The van der Waals surface area contributed by atoms with Gasteiger partial charge in [0.25, 0.3) is 5.92 Å². The highest BCUT2D eigenvalue weighted by Gasteiger charge is 2.49. The Balaban J connectivity index is 2.29. The largest absolute Gasteiger partial charge is 0.396 e. The van der Waals surface area contributed by atoms with Gasteiger partial charge in [-0.05, 0) is 12.5 Å². The van der Waals surface area contributed by atoms with Crippen molar-refractivity contribution in [3.05, 3.63) is 22.7 Å². The second kappa shape index (κ2) is 4.06. The summed E-state index contributed by atoms with van der Waals surface area (Å²) in [7, 11) is 0. The summed E-state index contributed by atoms with van der Waals surface area (Å²) in [4.78, 5) is 15.0. The first-order chi connectivity index (χ1) is 7.94. The molecule has 0 amide bonds. The molecule has 0 bridgehead atoms. The first-order valence-corrected chi connectivity index (χ1v) is 5.27. The number of aromatic nitrogens is 2. The monoisotopic (exact) mass is 245 g/mol. The number of nitrogens with two attached hydrogens (primary N) is 1. The van der Waals surface area contributed by atoms with Gasteiger partial charge in [-0.1, -0.05) is 0 Å². The van der Waals surface area contributed by atoms with Gasteiger partial charge in [-0.2, -0.15) is 4.98 Å². The second-order valence-electron chi connectivity index (χ2n) is 4.28. The van der Waals surface area contributed by atoms with Gasteiger partial charge in [0.15, 0.2) is 0 Å². The quantitative estimate of drug-likeness (QED) is 0.790. The number of halogens is 2. The maximum atomic E-state index is 13.4. The van der Waals surface area contributed by atoms with E-state index in [-0.39, 0.29) is 12.2 Å². The normalized spacial score (nSPS) is 27.2. The smallest absolute Gasteiger partial charge is 0.349 e. The van der Waals surface area contributed by atoms with Crippen LogP contribution in [0.15, 0.2) is 17.1 Å². The minimum absolute atomic E-state index is 0.0645. The Morgan fingerprint density at radius 3 is 2.88 bits per heavy atom. The van der Waals surface area contributed by atoms with E-state index in [0.29, 0.717) is 0 Å². The van der Waals surface area contributed by atoms with Crippen LogP contribution in [0, 0.1) is 5.92 Å². The summed E-state index contributed by atoms with van der Waals surface area (Å²) in [5.41, 5.74) is 4.69. The van der Waals surface area contributed by atoms with E-state index in [2.05, 4.69) is 4.98 Å². The third-order valence-electron chi connectivity index (χ3n) is 3.13. The van der Waals surface area contributed by atoms with Crippen LogP contribution in [0.25, 0.3) is 0 Å². The molecule has 7 heteroatoms. The Hall–Kier alpha value is -1.50. The van der Waals surface area contributed by atoms with E-state index in [1.165, 1.54) is 12.3 Å². The topological polar surface area (TPSA) is 81.1 Å². The summed E-state index contributed by atoms with van der Waals surface area (Å²) in [5, 5.41) is 8.88. The van der Waals surface area contributed by atoms with E-state index in [1.807, 2.05) is 0 Å². The van der Waals surface area contributed by atoms with E-state index in [0.717, 1.165) is 4.57 Å². The molecule has 0 aliphatic heterocycles. The van der Waals surface area contributed by atoms with Crippen LogP contribution in [0.1, 0.15) is 18.9 Å². The number of rotatable bonds is 2. The van der Waals surface area contributed by atoms with Crippen LogP contribution in [-0.2, 0) is 0 Å². The molecular weight excluding hydrogens is 232 g/mol. The zero-order valence-corrected chi connectivity index (χ0v) is 9.01. The van der Waals surface area contributed by atoms with Gasteiger partial charge in [0.2, 0.25) is 0 Å². The zero-order valence-electron chi connectivity index (χ0n) is 9.01. The Labute approximate surface area is 95.9 Å². The first-order valence-electron chi connectivity index (χ1n) is 5.27. The molecule has 2 atom stereocenters.